The Balaban J connectivity index is 2.47. The van der Waals surface area contributed by atoms with Gasteiger partial charge in [0.1, 0.15) is 11.5 Å². The quantitative estimate of drug-likeness (QED) is 0.530. The molecule has 1 unspecified atom stereocenters. The predicted molar refractivity (Wildman–Crippen MR) is 72.4 cm³/mol. The third kappa shape index (κ3) is 2.66. The standard InChI is InChI=1S/C11H10ClFN2O3S/c12-7-2-9(10(15(17)18)3-8(7)13)14-4-6(5-19)1-11(14)16/h2-3,6,19H,1,4-5H2. The lowest BCUT2D eigenvalue weighted by Crippen LogP contribution is -2.25. The molecule has 1 amide bonds. The van der Waals surface area contributed by atoms with E-state index >= 15 is 0 Å². The average Bonchev–Trinajstić information content (AvgIpc) is 2.73. The van der Waals surface area contributed by atoms with E-state index in [1.807, 2.05) is 0 Å². The maximum Gasteiger partial charge on any atom is 0.295 e. The van der Waals surface area contributed by atoms with E-state index in [1.54, 1.807) is 0 Å². The van der Waals surface area contributed by atoms with Crippen LogP contribution in [0.3, 0.4) is 0 Å². The number of amides is 1. The van der Waals surface area contributed by atoms with Gasteiger partial charge in [0.05, 0.1) is 16.0 Å². The molecule has 0 radical (unpaired) electrons. The van der Waals surface area contributed by atoms with E-state index in [-0.39, 0.29) is 29.0 Å². The summed E-state index contributed by atoms with van der Waals surface area (Å²) >= 11 is 9.75. The minimum absolute atomic E-state index is 0.0271. The summed E-state index contributed by atoms with van der Waals surface area (Å²) in [6.07, 6.45) is 0.273. The summed E-state index contributed by atoms with van der Waals surface area (Å²) < 4.78 is 13.3. The molecule has 0 bridgehead atoms. The number of nitro benzene ring substituents is 1. The third-order valence-electron chi connectivity index (χ3n) is 2.97. The number of halogens is 2. The number of carbonyl (C=O) groups is 1. The minimum atomic E-state index is -0.880. The first-order chi connectivity index (χ1) is 8.93. The maximum absolute atomic E-state index is 13.3. The number of anilines is 1. The SMILES string of the molecule is O=C1CC(CS)CN1c1cc(Cl)c(F)cc1[N+](=O)[O-]. The normalized spacial score (nSPS) is 19.0. The molecule has 0 N–H and O–H groups in total. The zero-order chi connectivity index (χ0) is 14.2. The van der Waals surface area contributed by atoms with Crippen LogP contribution in [0, 0.1) is 21.8 Å². The molecule has 1 aromatic carbocycles. The number of benzene rings is 1. The molecule has 1 atom stereocenters. The van der Waals surface area contributed by atoms with Crippen molar-refractivity contribution in [2.45, 2.75) is 6.42 Å². The topological polar surface area (TPSA) is 63.5 Å². The highest BCUT2D eigenvalue weighted by molar-refractivity contribution is 7.80. The van der Waals surface area contributed by atoms with E-state index < -0.39 is 16.4 Å². The van der Waals surface area contributed by atoms with Gasteiger partial charge in [-0.1, -0.05) is 11.6 Å². The Morgan fingerprint density at radius 2 is 2.26 bits per heavy atom. The molecule has 2 rings (SSSR count). The van der Waals surface area contributed by atoms with Gasteiger partial charge >= 0.3 is 0 Å². The van der Waals surface area contributed by atoms with Crippen LogP contribution < -0.4 is 4.90 Å². The lowest BCUT2D eigenvalue weighted by atomic mass is 10.1. The summed E-state index contributed by atoms with van der Waals surface area (Å²) in [5.74, 6) is -0.594. The summed E-state index contributed by atoms with van der Waals surface area (Å²) in [6.45, 7) is 0.325. The van der Waals surface area contributed by atoms with Crippen molar-refractivity contribution in [1.82, 2.24) is 0 Å². The van der Waals surface area contributed by atoms with Crippen LogP contribution >= 0.6 is 24.2 Å². The Morgan fingerprint density at radius 3 is 2.79 bits per heavy atom. The van der Waals surface area contributed by atoms with Gasteiger partial charge < -0.3 is 4.90 Å². The van der Waals surface area contributed by atoms with Gasteiger partial charge in [-0.3, -0.25) is 14.9 Å². The molecule has 0 saturated carbocycles. The lowest BCUT2D eigenvalue weighted by molar-refractivity contribution is -0.384. The van der Waals surface area contributed by atoms with Gasteiger partial charge in [-0.25, -0.2) is 4.39 Å². The first kappa shape index (κ1) is 14.1. The van der Waals surface area contributed by atoms with Crippen molar-refractivity contribution in [3.63, 3.8) is 0 Å². The zero-order valence-corrected chi connectivity index (χ0v) is 11.3. The second kappa shape index (κ2) is 5.34. The van der Waals surface area contributed by atoms with Gasteiger partial charge in [-0.15, -0.1) is 0 Å². The van der Waals surface area contributed by atoms with Crippen molar-refractivity contribution < 1.29 is 14.1 Å². The highest BCUT2D eigenvalue weighted by Crippen LogP contribution is 2.36. The Kier molecular flexibility index (Phi) is 3.96. The van der Waals surface area contributed by atoms with E-state index in [1.165, 1.54) is 4.90 Å². The van der Waals surface area contributed by atoms with E-state index in [0.29, 0.717) is 12.3 Å². The number of carbonyl (C=O) groups excluding carboxylic acids is 1. The van der Waals surface area contributed by atoms with Gasteiger partial charge in [0.25, 0.3) is 5.69 Å². The molecule has 102 valence electrons. The maximum atomic E-state index is 13.3. The Morgan fingerprint density at radius 1 is 1.58 bits per heavy atom. The number of nitrogens with zero attached hydrogens (tertiary/aromatic N) is 2. The average molecular weight is 305 g/mol. The Labute approximate surface area is 118 Å². The van der Waals surface area contributed by atoms with Crippen molar-refractivity contribution in [3.8, 4) is 0 Å². The van der Waals surface area contributed by atoms with E-state index in [0.717, 1.165) is 12.1 Å². The highest BCUT2D eigenvalue weighted by Gasteiger charge is 2.34. The van der Waals surface area contributed by atoms with Crippen molar-refractivity contribution in [3.05, 3.63) is 33.1 Å². The number of thiol groups is 1. The lowest BCUT2D eigenvalue weighted by Gasteiger charge is -2.17. The van der Waals surface area contributed by atoms with Gasteiger partial charge in [0, 0.05) is 13.0 Å². The van der Waals surface area contributed by atoms with Crippen LogP contribution in [0.5, 0.6) is 0 Å². The fourth-order valence-corrected chi connectivity index (χ4v) is 2.43. The molecule has 1 fully saturated rings. The summed E-state index contributed by atoms with van der Waals surface area (Å²) in [5, 5.41) is 10.7. The number of rotatable bonds is 3. The second-order valence-corrected chi connectivity index (χ2v) is 5.04. The summed E-state index contributed by atoms with van der Waals surface area (Å²) in [7, 11) is 0. The van der Waals surface area contributed by atoms with Crippen LogP contribution in [0.15, 0.2) is 12.1 Å². The minimum Gasteiger partial charge on any atom is -0.306 e. The van der Waals surface area contributed by atoms with Crippen LogP contribution in [-0.2, 0) is 4.79 Å². The van der Waals surface area contributed by atoms with Crippen LogP contribution in [0.4, 0.5) is 15.8 Å². The zero-order valence-electron chi connectivity index (χ0n) is 9.68. The van der Waals surface area contributed by atoms with Crippen molar-refractivity contribution in [2.24, 2.45) is 5.92 Å². The monoisotopic (exact) mass is 304 g/mol. The molecule has 0 spiro atoms. The van der Waals surface area contributed by atoms with Gasteiger partial charge in [-0.05, 0) is 17.7 Å². The Bertz CT molecular complexity index is 555. The first-order valence-electron chi connectivity index (χ1n) is 5.48. The smallest absolute Gasteiger partial charge is 0.295 e. The van der Waals surface area contributed by atoms with Crippen LogP contribution in [0.1, 0.15) is 6.42 Å². The van der Waals surface area contributed by atoms with Gasteiger partial charge in [-0.2, -0.15) is 12.6 Å². The number of nitro groups is 1. The molecule has 0 aromatic heterocycles. The second-order valence-electron chi connectivity index (χ2n) is 4.27. The molecular formula is C11H10ClFN2O3S. The molecule has 1 aromatic rings. The largest absolute Gasteiger partial charge is 0.306 e. The third-order valence-corrected chi connectivity index (χ3v) is 3.77. The molecule has 1 heterocycles. The summed E-state index contributed by atoms with van der Waals surface area (Å²) in [4.78, 5) is 23.3. The Hall–Kier alpha value is -1.34. The van der Waals surface area contributed by atoms with Crippen molar-refractivity contribution >= 4 is 41.5 Å². The van der Waals surface area contributed by atoms with E-state index in [4.69, 9.17) is 11.6 Å². The molecule has 1 aliphatic rings. The first-order valence-corrected chi connectivity index (χ1v) is 6.49. The molecule has 1 aliphatic heterocycles. The van der Waals surface area contributed by atoms with Crippen molar-refractivity contribution in [1.29, 1.82) is 0 Å². The molecular weight excluding hydrogens is 295 g/mol. The van der Waals surface area contributed by atoms with Crippen LogP contribution in [0.25, 0.3) is 0 Å². The molecule has 19 heavy (non-hydrogen) atoms. The van der Waals surface area contributed by atoms with Gasteiger partial charge in [0.2, 0.25) is 5.91 Å². The summed E-state index contributed by atoms with van der Waals surface area (Å²) in [5.41, 5.74) is -0.430. The molecule has 5 nitrogen and oxygen atoms in total. The van der Waals surface area contributed by atoms with E-state index in [2.05, 4.69) is 12.6 Å². The predicted octanol–water partition coefficient (Wildman–Crippen LogP) is 2.67. The molecule has 1 saturated heterocycles. The fourth-order valence-electron chi connectivity index (χ4n) is 2.02. The molecule has 0 aliphatic carbocycles. The summed E-state index contributed by atoms with van der Waals surface area (Å²) in [6, 6.07) is 1.85. The van der Waals surface area contributed by atoms with Crippen molar-refractivity contribution in [2.75, 3.05) is 17.2 Å². The number of hydrogen-bond donors (Lipinski definition) is 1. The van der Waals surface area contributed by atoms with E-state index in [9.17, 15) is 19.3 Å². The van der Waals surface area contributed by atoms with Crippen LogP contribution in [0.2, 0.25) is 5.02 Å². The number of hydrogen-bond acceptors (Lipinski definition) is 4. The highest BCUT2D eigenvalue weighted by atomic mass is 35.5. The van der Waals surface area contributed by atoms with Gasteiger partial charge in [0.15, 0.2) is 0 Å². The molecule has 8 heteroatoms. The fraction of sp³-hybridized carbons (Fsp3) is 0.364. The van der Waals surface area contributed by atoms with Crippen LogP contribution in [-0.4, -0.2) is 23.1 Å².